The number of carbonyl (C=O) groups is 1. The summed E-state index contributed by atoms with van der Waals surface area (Å²) in [7, 11) is 0. The molecule has 0 aliphatic carbocycles. The number of rotatable bonds is 3. The summed E-state index contributed by atoms with van der Waals surface area (Å²) in [4.78, 5) is 15.3. The summed E-state index contributed by atoms with van der Waals surface area (Å²) in [5, 5.41) is 0. The Balaban J connectivity index is 2.28. The highest BCUT2D eigenvalue weighted by Gasteiger charge is 2.08. The minimum Gasteiger partial charge on any atom is -0.440 e. The van der Waals surface area contributed by atoms with Crippen LogP contribution in [-0.4, -0.2) is 11.3 Å². The Morgan fingerprint density at radius 1 is 1.57 bits per heavy atom. The van der Waals surface area contributed by atoms with Gasteiger partial charge in [0.15, 0.2) is 0 Å². The molecular formula is C9H6BrNO2S. The van der Waals surface area contributed by atoms with Gasteiger partial charge in [0, 0.05) is 0 Å². The van der Waals surface area contributed by atoms with Crippen molar-refractivity contribution in [1.29, 1.82) is 0 Å². The zero-order valence-corrected chi connectivity index (χ0v) is 9.47. The largest absolute Gasteiger partial charge is 0.440 e. The molecule has 0 saturated heterocycles. The van der Waals surface area contributed by atoms with Gasteiger partial charge in [-0.3, -0.25) is 0 Å². The summed E-state index contributed by atoms with van der Waals surface area (Å²) in [5.74, 6) is 1.16. The summed E-state index contributed by atoms with van der Waals surface area (Å²) >= 11 is 4.90. The highest BCUT2D eigenvalue weighted by Crippen LogP contribution is 2.30. The van der Waals surface area contributed by atoms with E-state index in [0.29, 0.717) is 11.7 Å². The van der Waals surface area contributed by atoms with Crippen LogP contribution < -0.4 is 0 Å². The van der Waals surface area contributed by atoms with E-state index in [1.54, 1.807) is 17.5 Å². The van der Waals surface area contributed by atoms with Crippen molar-refractivity contribution in [2.75, 3.05) is 0 Å². The van der Waals surface area contributed by atoms with Crippen LogP contribution in [0.25, 0.3) is 10.8 Å². The third-order valence-electron chi connectivity index (χ3n) is 1.62. The number of halogens is 1. The molecule has 0 aliphatic heterocycles. The zero-order valence-electron chi connectivity index (χ0n) is 7.07. The molecule has 0 aliphatic rings. The molecule has 0 amide bonds. The van der Waals surface area contributed by atoms with E-state index in [2.05, 4.69) is 20.9 Å². The van der Waals surface area contributed by atoms with E-state index >= 15 is 0 Å². The molecule has 0 spiro atoms. The number of aldehydes is 1. The normalized spacial score (nSPS) is 10.4. The van der Waals surface area contributed by atoms with Crippen LogP contribution in [0.1, 0.15) is 5.76 Å². The van der Waals surface area contributed by atoms with Crippen LogP contribution in [0.15, 0.2) is 26.5 Å². The predicted molar refractivity (Wildman–Crippen MR) is 57.3 cm³/mol. The number of aromatic nitrogens is 1. The molecule has 5 heteroatoms. The van der Waals surface area contributed by atoms with E-state index in [4.69, 9.17) is 4.42 Å². The summed E-state index contributed by atoms with van der Waals surface area (Å²) in [5.41, 5.74) is 0. The van der Waals surface area contributed by atoms with Gasteiger partial charge in [-0.15, -0.1) is 11.3 Å². The van der Waals surface area contributed by atoms with E-state index in [9.17, 15) is 4.79 Å². The topological polar surface area (TPSA) is 43.1 Å². The standard InChI is InChI=1S/C9H6BrNO2S/c10-8-2-1-7(14-8)9-11-5-6(13-9)3-4-12/h1-2,4-5H,3H2. The van der Waals surface area contributed by atoms with Gasteiger partial charge in [-0.25, -0.2) is 4.98 Å². The van der Waals surface area contributed by atoms with Gasteiger partial charge in [-0.1, -0.05) is 0 Å². The molecule has 0 unspecified atom stereocenters. The lowest BCUT2D eigenvalue weighted by atomic mass is 10.4. The van der Waals surface area contributed by atoms with Gasteiger partial charge in [0.2, 0.25) is 5.89 Å². The fourth-order valence-electron chi connectivity index (χ4n) is 1.03. The average molecular weight is 272 g/mol. The van der Waals surface area contributed by atoms with Crippen molar-refractivity contribution >= 4 is 33.6 Å². The molecule has 2 aromatic rings. The quantitative estimate of drug-likeness (QED) is 0.807. The molecule has 2 rings (SSSR count). The maximum absolute atomic E-state index is 10.2. The smallest absolute Gasteiger partial charge is 0.236 e. The molecule has 3 nitrogen and oxygen atoms in total. The van der Waals surface area contributed by atoms with Crippen LogP contribution in [0.2, 0.25) is 0 Å². The Morgan fingerprint density at radius 3 is 3.07 bits per heavy atom. The zero-order chi connectivity index (χ0) is 9.97. The Kier molecular flexibility index (Phi) is 2.79. The second-order valence-electron chi connectivity index (χ2n) is 2.61. The van der Waals surface area contributed by atoms with Crippen molar-refractivity contribution < 1.29 is 9.21 Å². The summed E-state index contributed by atoms with van der Waals surface area (Å²) < 4.78 is 6.40. The Bertz CT molecular complexity index is 449. The number of oxazole rings is 1. The first kappa shape index (κ1) is 9.61. The van der Waals surface area contributed by atoms with Crippen molar-refractivity contribution in [1.82, 2.24) is 4.98 Å². The number of hydrogen-bond acceptors (Lipinski definition) is 4. The SMILES string of the molecule is O=CCc1cnc(-c2ccc(Br)s2)o1. The molecule has 0 saturated carbocycles. The van der Waals surface area contributed by atoms with Crippen LogP contribution in [0.5, 0.6) is 0 Å². The fourth-order valence-corrected chi connectivity index (χ4v) is 2.35. The van der Waals surface area contributed by atoms with Crippen LogP contribution >= 0.6 is 27.3 Å². The highest BCUT2D eigenvalue weighted by molar-refractivity contribution is 9.11. The summed E-state index contributed by atoms with van der Waals surface area (Å²) in [6.07, 6.45) is 2.66. The Labute approximate surface area is 92.9 Å². The monoisotopic (exact) mass is 271 g/mol. The first-order chi connectivity index (χ1) is 6.79. The summed E-state index contributed by atoms with van der Waals surface area (Å²) in [6.45, 7) is 0. The Hall–Kier alpha value is -0.940. The van der Waals surface area contributed by atoms with Crippen LogP contribution in [0.3, 0.4) is 0 Å². The average Bonchev–Trinajstić information content (AvgIpc) is 2.74. The molecule has 2 heterocycles. The van der Waals surface area contributed by atoms with E-state index in [1.165, 1.54) is 0 Å². The van der Waals surface area contributed by atoms with Crippen LogP contribution in [0, 0.1) is 0 Å². The van der Waals surface area contributed by atoms with E-state index < -0.39 is 0 Å². The van der Waals surface area contributed by atoms with Gasteiger partial charge in [-0.05, 0) is 28.1 Å². The molecule has 72 valence electrons. The Morgan fingerprint density at radius 2 is 2.43 bits per heavy atom. The molecule has 0 N–H and O–H groups in total. The first-order valence-corrected chi connectivity index (χ1v) is 5.54. The van der Waals surface area contributed by atoms with E-state index in [0.717, 1.165) is 14.9 Å². The van der Waals surface area contributed by atoms with Gasteiger partial charge in [-0.2, -0.15) is 0 Å². The lowest BCUT2D eigenvalue weighted by molar-refractivity contribution is -0.107. The lowest BCUT2D eigenvalue weighted by Crippen LogP contribution is -1.79. The van der Waals surface area contributed by atoms with Crippen LogP contribution in [-0.2, 0) is 11.2 Å². The number of hydrogen-bond donors (Lipinski definition) is 0. The van der Waals surface area contributed by atoms with Crippen molar-refractivity contribution in [2.45, 2.75) is 6.42 Å². The van der Waals surface area contributed by atoms with Crippen LogP contribution in [0.4, 0.5) is 0 Å². The van der Waals surface area contributed by atoms with Gasteiger partial charge >= 0.3 is 0 Å². The molecule has 0 aromatic carbocycles. The third-order valence-corrected chi connectivity index (χ3v) is 3.23. The van der Waals surface area contributed by atoms with Gasteiger partial charge in [0.1, 0.15) is 12.0 Å². The maximum atomic E-state index is 10.2. The van der Waals surface area contributed by atoms with Gasteiger partial charge in [0.25, 0.3) is 0 Å². The lowest BCUT2D eigenvalue weighted by Gasteiger charge is -1.87. The molecule has 0 radical (unpaired) electrons. The molecule has 0 bridgehead atoms. The molecular weight excluding hydrogens is 266 g/mol. The maximum Gasteiger partial charge on any atom is 0.236 e. The fraction of sp³-hybridized carbons (Fsp3) is 0.111. The van der Waals surface area contributed by atoms with E-state index in [1.807, 2.05) is 12.1 Å². The van der Waals surface area contributed by atoms with Gasteiger partial charge < -0.3 is 9.21 Å². The molecule has 0 fully saturated rings. The minimum absolute atomic E-state index is 0.277. The van der Waals surface area contributed by atoms with Crippen molar-refractivity contribution in [3.8, 4) is 10.8 Å². The minimum atomic E-state index is 0.277. The van der Waals surface area contributed by atoms with Crippen molar-refractivity contribution in [3.05, 3.63) is 27.9 Å². The second kappa shape index (κ2) is 4.06. The molecule has 14 heavy (non-hydrogen) atoms. The second-order valence-corrected chi connectivity index (χ2v) is 5.07. The molecule has 2 aromatic heterocycles. The number of carbonyl (C=O) groups excluding carboxylic acids is 1. The highest BCUT2D eigenvalue weighted by atomic mass is 79.9. The number of nitrogens with zero attached hydrogens (tertiary/aromatic N) is 1. The first-order valence-electron chi connectivity index (χ1n) is 3.93. The van der Waals surface area contributed by atoms with Crippen molar-refractivity contribution in [3.63, 3.8) is 0 Å². The van der Waals surface area contributed by atoms with Crippen molar-refractivity contribution in [2.24, 2.45) is 0 Å². The third kappa shape index (κ3) is 1.93. The predicted octanol–water partition coefficient (Wildman–Crippen LogP) is 2.91. The molecule has 0 atom stereocenters. The van der Waals surface area contributed by atoms with Gasteiger partial charge in [0.05, 0.1) is 21.3 Å². The van der Waals surface area contributed by atoms with E-state index in [-0.39, 0.29) is 6.42 Å². The summed E-state index contributed by atoms with van der Waals surface area (Å²) in [6, 6.07) is 3.86. The number of thiophene rings is 1.